The monoisotopic (exact) mass is 272 g/mol. The van der Waals surface area contributed by atoms with E-state index < -0.39 is 0 Å². The van der Waals surface area contributed by atoms with Gasteiger partial charge in [0.25, 0.3) is 0 Å². The van der Waals surface area contributed by atoms with Gasteiger partial charge in [0.15, 0.2) is 0 Å². The summed E-state index contributed by atoms with van der Waals surface area (Å²) in [6.45, 7) is 1.11. The van der Waals surface area contributed by atoms with Crippen LogP contribution in [0.15, 0.2) is 24.3 Å². The van der Waals surface area contributed by atoms with Crippen LogP contribution in [0, 0.1) is 0 Å². The lowest BCUT2D eigenvalue weighted by atomic mass is 10.0. The van der Waals surface area contributed by atoms with E-state index in [1.165, 1.54) is 6.42 Å². The lowest BCUT2D eigenvalue weighted by Gasteiger charge is -2.36. The lowest BCUT2D eigenvalue weighted by molar-refractivity contribution is 0.239. The summed E-state index contributed by atoms with van der Waals surface area (Å²) in [7, 11) is 1.83. The minimum Gasteiger partial charge on any atom is -0.394 e. The maximum absolute atomic E-state index is 9.62. The maximum Gasteiger partial charge on any atom is 0.224 e. The van der Waals surface area contributed by atoms with E-state index in [9.17, 15) is 5.11 Å². The molecule has 0 amide bonds. The molecule has 0 radical (unpaired) electrons. The Morgan fingerprint density at radius 2 is 2.15 bits per heavy atom. The standard InChI is InChI=1S/C15H20N4O/c1-16-15-17-13-8-3-2-7-12(13)14(18-15)19-9-5-4-6-11(19)10-20/h2-3,7-8,11,20H,4-6,9-10H2,1H3,(H,16,17,18). The molecule has 1 aromatic heterocycles. The van der Waals surface area contributed by atoms with Crippen molar-refractivity contribution >= 4 is 22.7 Å². The first-order valence-electron chi connectivity index (χ1n) is 7.15. The molecule has 2 aromatic rings. The third-order valence-electron chi connectivity index (χ3n) is 3.92. The van der Waals surface area contributed by atoms with E-state index in [0.29, 0.717) is 5.95 Å². The van der Waals surface area contributed by atoms with Crippen LogP contribution in [-0.4, -0.2) is 41.3 Å². The average molecular weight is 272 g/mol. The molecule has 1 aromatic carbocycles. The molecule has 0 bridgehead atoms. The van der Waals surface area contributed by atoms with Crippen molar-refractivity contribution < 1.29 is 5.11 Å². The molecular weight excluding hydrogens is 252 g/mol. The summed E-state index contributed by atoms with van der Waals surface area (Å²) in [6, 6.07) is 8.20. The highest BCUT2D eigenvalue weighted by atomic mass is 16.3. The largest absolute Gasteiger partial charge is 0.394 e. The van der Waals surface area contributed by atoms with Gasteiger partial charge in [0.1, 0.15) is 5.82 Å². The van der Waals surface area contributed by atoms with Crippen molar-refractivity contribution in [3.05, 3.63) is 24.3 Å². The fourth-order valence-electron chi connectivity index (χ4n) is 2.86. The number of hydrogen-bond donors (Lipinski definition) is 2. The molecule has 1 unspecified atom stereocenters. The molecule has 106 valence electrons. The van der Waals surface area contributed by atoms with E-state index in [4.69, 9.17) is 0 Å². The Balaban J connectivity index is 2.13. The summed E-state index contributed by atoms with van der Waals surface area (Å²) in [5, 5.41) is 13.7. The van der Waals surface area contributed by atoms with Crippen molar-refractivity contribution in [2.45, 2.75) is 25.3 Å². The number of aliphatic hydroxyl groups is 1. The lowest BCUT2D eigenvalue weighted by Crippen LogP contribution is -2.42. The molecule has 1 saturated heterocycles. The minimum atomic E-state index is 0.159. The molecule has 2 N–H and O–H groups in total. The van der Waals surface area contributed by atoms with Crippen LogP contribution in [0.2, 0.25) is 0 Å². The Hall–Kier alpha value is -1.88. The summed E-state index contributed by atoms with van der Waals surface area (Å²) < 4.78 is 0. The first-order chi connectivity index (χ1) is 9.83. The molecule has 1 aliphatic heterocycles. The Kier molecular flexibility index (Phi) is 3.69. The molecule has 1 atom stereocenters. The number of benzene rings is 1. The molecule has 2 heterocycles. The van der Waals surface area contributed by atoms with Gasteiger partial charge in [-0.2, -0.15) is 4.98 Å². The number of nitrogens with one attached hydrogen (secondary N) is 1. The number of hydrogen-bond acceptors (Lipinski definition) is 5. The van der Waals surface area contributed by atoms with Crippen LogP contribution >= 0.6 is 0 Å². The predicted molar refractivity (Wildman–Crippen MR) is 81.2 cm³/mol. The van der Waals surface area contributed by atoms with Crippen molar-refractivity contribution in [2.75, 3.05) is 30.4 Å². The Bertz CT molecular complexity index is 601. The quantitative estimate of drug-likeness (QED) is 0.895. The van der Waals surface area contributed by atoms with Crippen molar-refractivity contribution in [3.63, 3.8) is 0 Å². The van der Waals surface area contributed by atoms with E-state index in [1.807, 2.05) is 31.3 Å². The molecule has 5 heteroatoms. The van der Waals surface area contributed by atoms with Crippen LogP contribution in [-0.2, 0) is 0 Å². The third kappa shape index (κ3) is 2.29. The van der Waals surface area contributed by atoms with Gasteiger partial charge in [0, 0.05) is 19.0 Å². The Morgan fingerprint density at radius 1 is 1.30 bits per heavy atom. The zero-order chi connectivity index (χ0) is 13.9. The molecular formula is C15H20N4O. The molecule has 1 aliphatic rings. The van der Waals surface area contributed by atoms with Gasteiger partial charge in [-0.05, 0) is 31.4 Å². The van der Waals surface area contributed by atoms with E-state index in [-0.39, 0.29) is 12.6 Å². The van der Waals surface area contributed by atoms with Crippen LogP contribution in [0.25, 0.3) is 10.9 Å². The number of para-hydroxylation sites is 1. The number of aromatic nitrogens is 2. The number of anilines is 2. The van der Waals surface area contributed by atoms with Crippen molar-refractivity contribution in [1.82, 2.24) is 9.97 Å². The highest BCUT2D eigenvalue weighted by Gasteiger charge is 2.25. The average Bonchev–Trinajstić information content (AvgIpc) is 2.53. The molecule has 20 heavy (non-hydrogen) atoms. The number of fused-ring (bicyclic) bond motifs is 1. The predicted octanol–water partition coefficient (Wildman–Crippen LogP) is 2.02. The SMILES string of the molecule is CNc1nc(N2CCCCC2CO)c2ccccc2n1. The van der Waals surface area contributed by atoms with Crippen LogP contribution in [0.4, 0.5) is 11.8 Å². The number of piperidine rings is 1. The number of nitrogens with zero attached hydrogens (tertiary/aromatic N) is 3. The normalized spacial score (nSPS) is 19.3. The topological polar surface area (TPSA) is 61.3 Å². The molecule has 3 rings (SSSR count). The van der Waals surface area contributed by atoms with Crippen molar-refractivity contribution in [1.29, 1.82) is 0 Å². The summed E-state index contributed by atoms with van der Waals surface area (Å²) in [4.78, 5) is 11.4. The fourth-order valence-corrected chi connectivity index (χ4v) is 2.86. The van der Waals surface area contributed by atoms with Gasteiger partial charge in [-0.15, -0.1) is 0 Å². The van der Waals surface area contributed by atoms with Gasteiger partial charge < -0.3 is 15.3 Å². The molecule has 0 spiro atoms. The third-order valence-corrected chi connectivity index (χ3v) is 3.92. The smallest absolute Gasteiger partial charge is 0.224 e. The van der Waals surface area contributed by atoms with E-state index >= 15 is 0 Å². The van der Waals surface area contributed by atoms with Crippen LogP contribution < -0.4 is 10.2 Å². The molecule has 5 nitrogen and oxygen atoms in total. The van der Waals surface area contributed by atoms with Crippen LogP contribution in [0.1, 0.15) is 19.3 Å². The van der Waals surface area contributed by atoms with Gasteiger partial charge in [-0.1, -0.05) is 12.1 Å². The van der Waals surface area contributed by atoms with Gasteiger partial charge in [-0.3, -0.25) is 0 Å². The van der Waals surface area contributed by atoms with E-state index in [2.05, 4.69) is 20.2 Å². The fraction of sp³-hybridized carbons (Fsp3) is 0.467. The highest BCUT2D eigenvalue weighted by Crippen LogP contribution is 2.30. The summed E-state index contributed by atoms with van der Waals surface area (Å²) in [6.07, 6.45) is 3.33. The van der Waals surface area contributed by atoms with Crippen LogP contribution in [0.3, 0.4) is 0 Å². The first kappa shape index (κ1) is 13.1. The minimum absolute atomic E-state index is 0.159. The van der Waals surface area contributed by atoms with Crippen molar-refractivity contribution in [3.8, 4) is 0 Å². The van der Waals surface area contributed by atoms with Gasteiger partial charge in [0.05, 0.1) is 18.2 Å². The Labute approximate surface area is 118 Å². The molecule has 0 aliphatic carbocycles. The summed E-state index contributed by atoms with van der Waals surface area (Å²) >= 11 is 0. The van der Waals surface area contributed by atoms with Gasteiger partial charge >= 0.3 is 0 Å². The van der Waals surface area contributed by atoms with Crippen LogP contribution in [0.5, 0.6) is 0 Å². The van der Waals surface area contributed by atoms with Gasteiger partial charge in [-0.25, -0.2) is 4.98 Å². The summed E-state index contributed by atoms with van der Waals surface area (Å²) in [5.41, 5.74) is 0.934. The zero-order valence-electron chi connectivity index (χ0n) is 11.7. The van der Waals surface area contributed by atoms with E-state index in [1.54, 1.807) is 0 Å². The zero-order valence-corrected chi connectivity index (χ0v) is 11.7. The highest BCUT2D eigenvalue weighted by molar-refractivity contribution is 5.90. The van der Waals surface area contributed by atoms with Crippen molar-refractivity contribution in [2.24, 2.45) is 0 Å². The maximum atomic E-state index is 9.62. The first-order valence-corrected chi connectivity index (χ1v) is 7.15. The second-order valence-corrected chi connectivity index (χ2v) is 5.16. The number of rotatable bonds is 3. The Morgan fingerprint density at radius 3 is 2.95 bits per heavy atom. The molecule has 0 saturated carbocycles. The number of aliphatic hydroxyl groups excluding tert-OH is 1. The van der Waals surface area contributed by atoms with Gasteiger partial charge in [0.2, 0.25) is 5.95 Å². The molecule has 1 fully saturated rings. The van der Waals surface area contributed by atoms with E-state index in [0.717, 1.165) is 36.1 Å². The summed E-state index contributed by atoms with van der Waals surface area (Å²) in [5.74, 6) is 1.56. The second kappa shape index (κ2) is 5.63. The second-order valence-electron chi connectivity index (χ2n) is 5.16.